The van der Waals surface area contributed by atoms with E-state index in [4.69, 9.17) is 0 Å². The van der Waals surface area contributed by atoms with E-state index in [9.17, 15) is 25.0 Å². The molecule has 13 heteroatoms. The Labute approximate surface area is 181 Å². The molecule has 3 heterocycles. The van der Waals surface area contributed by atoms with Crippen molar-refractivity contribution in [2.45, 2.75) is 6.92 Å². The number of hydrogen-bond acceptors (Lipinski definition) is 9. The van der Waals surface area contributed by atoms with Crippen LogP contribution in [-0.4, -0.2) is 66.6 Å². The van der Waals surface area contributed by atoms with E-state index in [1.807, 2.05) is 17.9 Å². The van der Waals surface area contributed by atoms with E-state index in [1.54, 1.807) is 16.9 Å². The van der Waals surface area contributed by atoms with Crippen molar-refractivity contribution in [2.75, 3.05) is 31.1 Å². The lowest BCUT2D eigenvalue weighted by molar-refractivity contribution is -0.394. The number of benzene rings is 1. The first-order valence-electron chi connectivity index (χ1n) is 9.64. The fraction of sp³-hybridized carbons (Fsp3) is 0.263. The maximum Gasteiger partial charge on any atom is 0.277 e. The van der Waals surface area contributed by atoms with Crippen molar-refractivity contribution in [1.29, 1.82) is 0 Å². The first kappa shape index (κ1) is 20.8. The Morgan fingerprint density at radius 1 is 0.938 bits per heavy atom. The number of rotatable bonds is 5. The lowest BCUT2D eigenvalue weighted by Gasteiger charge is -2.35. The number of nitrogens with zero attached hydrogens (tertiary/aromatic N) is 8. The smallest absolute Gasteiger partial charge is 0.277 e. The number of aryl methyl sites for hydroxylation is 1. The number of nitro benzene ring substituents is 2. The van der Waals surface area contributed by atoms with Gasteiger partial charge >= 0.3 is 0 Å². The summed E-state index contributed by atoms with van der Waals surface area (Å²) in [6.45, 7) is 3.48. The quantitative estimate of drug-likeness (QED) is 0.428. The van der Waals surface area contributed by atoms with Crippen molar-refractivity contribution in [3.8, 4) is 5.82 Å². The Hall–Kier alpha value is -4.42. The van der Waals surface area contributed by atoms with Crippen molar-refractivity contribution in [3.05, 3.63) is 74.3 Å². The van der Waals surface area contributed by atoms with Crippen molar-refractivity contribution in [2.24, 2.45) is 0 Å². The molecule has 0 bridgehead atoms. The number of non-ortho nitro benzene ring substituents is 2. The highest BCUT2D eigenvalue weighted by Crippen LogP contribution is 2.24. The third kappa shape index (κ3) is 4.21. The number of hydrogen-bond donors (Lipinski definition) is 0. The summed E-state index contributed by atoms with van der Waals surface area (Å²) in [7, 11) is 0. The van der Waals surface area contributed by atoms with Crippen LogP contribution in [0.3, 0.4) is 0 Å². The van der Waals surface area contributed by atoms with E-state index < -0.39 is 27.1 Å². The predicted molar refractivity (Wildman–Crippen MR) is 112 cm³/mol. The lowest BCUT2D eigenvalue weighted by Crippen LogP contribution is -2.49. The van der Waals surface area contributed by atoms with Gasteiger partial charge in [0.15, 0.2) is 5.82 Å². The first-order chi connectivity index (χ1) is 15.3. The molecule has 0 unspecified atom stereocenters. The van der Waals surface area contributed by atoms with Gasteiger partial charge in [-0.3, -0.25) is 25.0 Å². The molecule has 164 valence electrons. The van der Waals surface area contributed by atoms with Crippen molar-refractivity contribution in [3.63, 3.8) is 0 Å². The normalized spacial score (nSPS) is 13.8. The second-order valence-corrected chi connectivity index (χ2v) is 7.17. The molecule has 0 spiro atoms. The zero-order chi connectivity index (χ0) is 22.8. The third-order valence-corrected chi connectivity index (χ3v) is 5.06. The largest absolute Gasteiger partial charge is 0.353 e. The van der Waals surface area contributed by atoms with Crippen molar-refractivity contribution >= 4 is 23.1 Å². The van der Waals surface area contributed by atoms with Crippen LogP contribution in [0.25, 0.3) is 5.82 Å². The third-order valence-electron chi connectivity index (χ3n) is 5.06. The second-order valence-electron chi connectivity index (χ2n) is 7.17. The van der Waals surface area contributed by atoms with E-state index >= 15 is 0 Å². The molecule has 1 saturated heterocycles. The molecular weight excluding hydrogens is 420 g/mol. The van der Waals surface area contributed by atoms with E-state index in [0.29, 0.717) is 37.8 Å². The summed E-state index contributed by atoms with van der Waals surface area (Å²) in [5, 5.41) is 26.5. The average Bonchev–Trinajstić information content (AvgIpc) is 3.24. The molecule has 0 N–H and O–H groups in total. The molecular formula is C19H18N8O5. The monoisotopic (exact) mass is 438 g/mol. The summed E-state index contributed by atoms with van der Waals surface area (Å²) in [6.07, 6.45) is 3.25. The van der Waals surface area contributed by atoms with Crippen LogP contribution in [0.4, 0.5) is 17.2 Å². The molecule has 0 radical (unpaired) electrons. The van der Waals surface area contributed by atoms with Gasteiger partial charge in [-0.15, -0.1) is 0 Å². The molecule has 0 aliphatic carbocycles. The van der Waals surface area contributed by atoms with Crippen LogP contribution in [-0.2, 0) is 0 Å². The number of piperazine rings is 1. The standard InChI is InChI=1S/C19H18N8O5/c1-13-2-3-25(22-13)18-11-17(20-12-21-18)23-4-6-24(7-5-23)19(28)14-8-15(26(29)30)10-16(9-14)27(31)32/h2-3,8-12H,4-7H2,1H3. The second kappa shape index (κ2) is 8.37. The number of amides is 1. The number of anilines is 1. The topological polar surface area (TPSA) is 153 Å². The summed E-state index contributed by atoms with van der Waals surface area (Å²) >= 11 is 0. The van der Waals surface area contributed by atoms with Gasteiger partial charge in [-0.1, -0.05) is 0 Å². The van der Waals surface area contributed by atoms with Gasteiger partial charge in [-0.2, -0.15) is 5.10 Å². The summed E-state index contributed by atoms with van der Waals surface area (Å²) in [4.78, 5) is 45.6. The molecule has 13 nitrogen and oxygen atoms in total. The number of carbonyl (C=O) groups is 1. The van der Waals surface area contributed by atoms with Crippen LogP contribution < -0.4 is 4.90 Å². The van der Waals surface area contributed by atoms with E-state index in [-0.39, 0.29) is 5.56 Å². The molecule has 4 rings (SSSR count). The maximum atomic E-state index is 12.9. The van der Waals surface area contributed by atoms with Gasteiger partial charge in [0, 0.05) is 50.6 Å². The van der Waals surface area contributed by atoms with Gasteiger partial charge in [0.1, 0.15) is 12.1 Å². The Kier molecular flexibility index (Phi) is 5.45. The SMILES string of the molecule is Cc1ccn(-c2cc(N3CCN(C(=O)c4cc([N+](=O)[O-])cc([N+](=O)[O-])c4)CC3)ncn2)n1. The van der Waals surface area contributed by atoms with E-state index in [0.717, 1.165) is 23.9 Å². The summed E-state index contributed by atoms with van der Waals surface area (Å²) in [5.41, 5.74) is -0.219. The van der Waals surface area contributed by atoms with Gasteiger partial charge in [0.2, 0.25) is 0 Å². The van der Waals surface area contributed by atoms with Crippen LogP contribution in [0.15, 0.2) is 42.9 Å². The molecule has 3 aromatic rings. The van der Waals surface area contributed by atoms with Crippen LogP contribution in [0.1, 0.15) is 16.1 Å². The Morgan fingerprint density at radius 2 is 1.56 bits per heavy atom. The first-order valence-corrected chi connectivity index (χ1v) is 9.64. The molecule has 0 saturated carbocycles. The number of nitro groups is 2. The van der Waals surface area contributed by atoms with Gasteiger partial charge in [-0.25, -0.2) is 14.6 Å². The van der Waals surface area contributed by atoms with Crippen molar-refractivity contribution < 1.29 is 14.6 Å². The van der Waals surface area contributed by atoms with Gasteiger partial charge < -0.3 is 9.80 Å². The molecule has 1 fully saturated rings. The summed E-state index contributed by atoms with van der Waals surface area (Å²) in [5.74, 6) is 0.804. The minimum atomic E-state index is -0.754. The number of aromatic nitrogens is 4. The summed E-state index contributed by atoms with van der Waals surface area (Å²) in [6, 6.07) is 6.62. The average molecular weight is 438 g/mol. The van der Waals surface area contributed by atoms with Gasteiger partial charge in [0.25, 0.3) is 17.3 Å². The maximum absolute atomic E-state index is 12.9. The highest BCUT2D eigenvalue weighted by Gasteiger charge is 2.26. The minimum absolute atomic E-state index is 0.0854. The van der Waals surface area contributed by atoms with E-state index in [1.165, 1.54) is 11.2 Å². The van der Waals surface area contributed by atoms with Crippen molar-refractivity contribution in [1.82, 2.24) is 24.6 Å². The zero-order valence-corrected chi connectivity index (χ0v) is 17.0. The van der Waals surface area contributed by atoms with Gasteiger partial charge in [-0.05, 0) is 13.0 Å². The molecule has 1 amide bonds. The molecule has 1 aliphatic heterocycles. The molecule has 1 aliphatic rings. The Morgan fingerprint density at radius 3 is 2.12 bits per heavy atom. The van der Waals surface area contributed by atoms with Gasteiger partial charge in [0.05, 0.1) is 27.2 Å². The van der Waals surface area contributed by atoms with E-state index in [2.05, 4.69) is 15.1 Å². The Bertz CT molecular complexity index is 1170. The fourth-order valence-electron chi connectivity index (χ4n) is 3.43. The van der Waals surface area contributed by atoms with Crippen LogP contribution in [0.2, 0.25) is 0 Å². The molecule has 32 heavy (non-hydrogen) atoms. The lowest BCUT2D eigenvalue weighted by atomic mass is 10.1. The summed E-state index contributed by atoms with van der Waals surface area (Å²) < 4.78 is 1.65. The van der Waals surface area contributed by atoms with Crippen LogP contribution in [0, 0.1) is 27.2 Å². The highest BCUT2D eigenvalue weighted by atomic mass is 16.6. The minimum Gasteiger partial charge on any atom is -0.353 e. The molecule has 2 aromatic heterocycles. The predicted octanol–water partition coefficient (Wildman–Crippen LogP) is 1.75. The number of carbonyl (C=O) groups excluding carboxylic acids is 1. The van der Waals surface area contributed by atoms with Crippen LogP contribution >= 0.6 is 0 Å². The molecule has 0 atom stereocenters. The molecule has 1 aromatic carbocycles. The fourth-order valence-corrected chi connectivity index (χ4v) is 3.43. The zero-order valence-electron chi connectivity index (χ0n) is 17.0. The highest BCUT2D eigenvalue weighted by molar-refractivity contribution is 5.95. The Balaban J connectivity index is 1.48. The van der Waals surface area contributed by atoms with Crippen LogP contribution in [0.5, 0.6) is 0 Å².